The van der Waals surface area contributed by atoms with E-state index in [1.165, 1.54) is 13.2 Å². The van der Waals surface area contributed by atoms with E-state index < -0.39 is 29.1 Å². The van der Waals surface area contributed by atoms with Crippen LogP contribution in [0.1, 0.15) is 19.4 Å². The Kier molecular flexibility index (Phi) is 3.83. The van der Waals surface area contributed by atoms with Crippen molar-refractivity contribution in [3.63, 3.8) is 0 Å². The van der Waals surface area contributed by atoms with Crippen molar-refractivity contribution in [1.82, 2.24) is 0 Å². The number of hydrogen-bond donors (Lipinski definition) is 1. The highest BCUT2D eigenvalue weighted by Gasteiger charge is 2.36. The lowest BCUT2D eigenvalue weighted by atomic mass is 9.78. The van der Waals surface area contributed by atoms with Gasteiger partial charge < -0.3 is 10.5 Å². The molecule has 0 fully saturated rings. The summed E-state index contributed by atoms with van der Waals surface area (Å²) in [5.74, 6) is -2.04. The summed E-state index contributed by atoms with van der Waals surface area (Å²) in [4.78, 5) is 11.4. The third-order valence-corrected chi connectivity index (χ3v) is 2.86. The zero-order chi connectivity index (χ0) is 13.2. The van der Waals surface area contributed by atoms with Gasteiger partial charge in [0.2, 0.25) is 0 Å². The minimum atomic E-state index is -1.02. The predicted octanol–water partition coefficient (Wildman–Crippen LogP) is 1.74. The maximum atomic E-state index is 13.6. The first-order chi connectivity index (χ1) is 7.80. The van der Waals surface area contributed by atoms with Crippen LogP contribution in [-0.2, 0) is 14.9 Å². The van der Waals surface area contributed by atoms with Gasteiger partial charge in [0.05, 0.1) is 7.11 Å². The second-order valence-electron chi connectivity index (χ2n) is 4.35. The highest BCUT2D eigenvalue weighted by molar-refractivity contribution is 5.77. The number of halogens is 2. The van der Waals surface area contributed by atoms with Crippen molar-refractivity contribution in [3.8, 4) is 0 Å². The zero-order valence-corrected chi connectivity index (χ0v) is 9.96. The molecular weight excluding hydrogens is 228 g/mol. The number of rotatable bonds is 3. The number of esters is 1. The van der Waals surface area contributed by atoms with Crippen molar-refractivity contribution >= 4 is 5.97 Å². The Morgan fingerprint density at radius 2 is 2.00 bits per heavy atom. The fraction of sp³-hybridized carbons (Fsp3) is 0.417. The summed E-state index contributed by atoms with van der Waals surface area (Å²) in [5, 5.41) is 0. The maximum absolute atomic E-state index is 13.6. The van der Waals surface area contributed by atoms with Crippen molar-refractivity contribution in [2.45, 2.75) is 25.3 Å². The van der Waals surface area contributed by atoms with Crippen molar-refractivity contribution in [2.24, 2.45) is 5.73 Å². The van der Waals surface area contributed by atoms with E-state index in [4.69, 9.17) is 5.73 Å². The first-order valence-electron chi connectivity index (χ1n) is 5.09. The Bertz CT molecular complexity index is 433. The SMILES string of the molecule is COC(=O)C(N)C(C)(C)c1ccc(F)cc1F. The Balaban J connectivity index is 3.16. The summed E-state index contributed by atoms with van der Waals surface area (Å²) in [6, 6.07) is 2.16. The molecule has 0 amide bonds. The molecule has 0 saturated heterocycles. The summed E-state index contributed by atoms with van der Waals surface area (Å²) in [5.41, 5.74) is 4.91. The molecule has 0 aliphatic rings. The van der Waals surface area contributed by atoms with Gasteiger partial charge in [-0.05, 0) is 11.6 Å². The number of carbonyl (C=O) groups excluding carboxylic acids is 1. The fourth-order valence-electron chi connectivity index (χ4n) is 1.60. The van der Waals surface area contributed by atoms with Gasteiger partial charge in [0.25, 0.3) is 0 Å². The standard InChI is InChI=1S/C12H15F2NO2/c1-12(2,10(15)11(16)17-3)8-5-4-7(13)6-9(8)14/h4-6,10H,15H2,1-3H3. The van der Waals surface area contributed by atoms with Gasteiger partial charge in [-0.1, -0.05) is 19.9 Å². The molecule has 17 heavy (non-hydrogen) atoms. The van der Waals surface area contributed by atoms with Gasteiger partial charge in [0, 0.05) is 11.5 Å². The summed E-state index contributed by atoms with van der Waals surface area (Å²) in [7, 11) is 1.21. The van der Waals surface area contributed by atoms with E-state index in [0.29, 0.717) is 0 Å². The normalized spacial score (nSPS) is 13.3. The molecule has 5 heteroatoms. The van der Waals surface area contributed by atoms with Crippen molar-refractivity contribution in [2.75, 3.05) is 7.11 Å². The minimum absolute atomic E-state index is 0.178. The summed E-state index contributed by atoms with van der Waals surface area (Å²) in [6.45, 7) is 3.20. The van der Waals surface area contributed by atoms with E-state index in [9.17, 15) is 13.6 Å². The Morgan fingerprint density at radius 3 is 2.47 bits per heavy atom. The first kappa shape index (κ1) is 13.6. The highest BCUT2D eigenvalue weighted by Crippen LogP contribution is 2.29. The van der Waals surface area contributed by atoms with Crippen LogP contribution in [0.4, 0.5) is 8.78 Å². The van der Waals surface area contributed by atoms with Crippen LogP contribution in [-0.4, -0.2) is 19.1 Å². The quantitative estimate of drug-likeness (QED) is 0.823. The number of methoxy groups -OCH3 is 1. The lowest BCUT2D eigenvalue weighted by molar-refractivity contribution is -0.143. The Labute approximate surface area is 98.6 Å². The van der Waals surface area contributed by atoms with Crippen LogP contribution in [0.25, 0.3) is 0 Å². The van der Waals surface area contributed by atoms with Gasteiger partial charge in [-0.25, -0.2) is 8.78 Å². The molecule has 0 aliphatic carbocycles. The smallest absolute Gasteiger partial charge is 0.323 e. The molecule has 0 saturated carbocycles. The second kappa shape index (κ2) is 4.79. The highest BCUT2D eigenvalue weighted by atomic mass is 19.1. The minimum Gasteiger partial charge on any atom is -0.468 e. The molecule has 0 radical (unpaired) electrons. The van der Waals surface area contributed by atoms with Gasteiger partial charge in [-0.2, -0.15) is 0 Å². The average Bonchev–Trinajstić information content (AvgIpc) is 2.26. The van der Waals surface area contributed by atoms with Crippen molar-refractivity contribution in [3.05, 3.63) is 35.4 Å². The van der Waals surface area contributed by atoms with Crippen LogP contribution in [0, 0.1) is 11.6 Å². The third kappa shape index (κ3) is 2.61. The van der Waals surface area contributed by atoms with E-state index >= 15 is 0 Å². The third-order valence-electron chi connectivity index (χ3n) is 2.86. The van der Waals surface area contributed by atoms with E-state index in [1.807, 2.05) is 0 Å². The Hall–Kier alpha value is -1.49. The van der Waals surface area contributed by atoms with Crippen LogP contribution >= 0.6 is 0 Å². The molecule has 0 spiro atoms. The molecule has 0 heterocycles. The van der Waals surface area contributed by atoms with Crippen LogP contribution < -0.4 is 5.73 Å². The summed E-state index contributed by atoms with van der Waals surface area (Å²) < 4.78 is 30.9. The predicted molar refractivity (Wildman–Crippen MR) is 59.4 cm³/mol. The number of ether oxygens (including phenoxy) is 1. The van der Waals surface area contributed by atoms with Gasteiger partial charge in [0.15, 0.2) is 0 Å². The van der Waals surface area contributed by atoms with Crippen LogP contribution in [0.5, 0.6) is 0 Å². The number of benzene rings is 1. The van der Waals surface area contributed by atoms with E-state index in [1.54, 1.807) is 13.8 Å². The number of carbonyl (C=O) groups is 1. The van der Waals surface area contributed by atoms with E-state index in [2.05, 4.69) is 4.74 Å². The molecule has 3 nitrogen and oxygen atoms in total. The van der Waals surface area contributed by atoms with E-state index in [0.717, 1.165) is 12.1 Å². The van der Waals surface area contributed by atoms with Gasteiger partial charge in [-0.3, -0.25) is 4.79 Å². The molecule has 1 rings (SSSR count). The summed E-state index contributed by atoms with van der Waals surface area (Å²) in [6.07, 6.45) is 0. The van der Waals surface area contributed by atoms with E-state index in [-0.39, 0.29) is 5.56 Å². The molecule has 1 aromatic carbocycles. The van der Waals surface area contributed by atoms with Gasteiger partial charge >= 0.3 is 5.97 Å². The van der Waals surface area contributed by atoms with Gasteiger partial charge in [-0.15, -0.1) is 0 Å². The zero-order valence-electron chi connectivity index (χ0n) is 9.96. The molecular formula is C12H15F2NO2. The van der Waals surface area contributed by atoms with Crippen LogP contribution in [0.15, 0.2) is 18.2 Å². The molecule has 2 N–H and O–H groups in total. The largest absolute Gasteiger partial charge is 0.468 e. The summed E-state index contributed by atoms with van der Waals surface area (Å²) >= 11 is 0. The molecule has 0 aromatic heterocycles. The second-order valence-corrected chi connectivity index (χ2v) is 4.35. The van der Waals surface area contributed by atoms with Crippen LogP contribution in [0.3, 0.4) is 0 Å². The molecule has 94 valence electrons. The average molecular weight is 243 g/mol. The monoisotopic (exact) mass is 243 g/mol. The van der Waals surface area contributed by atoms with Crippen LogP contribution in [0.2, 0.25) is 0 Å². The molecule has 1 atom stereocenters. The topological polar surface area (TPSA) is 52.3 Å². The number of nitrogens with two attached hydrogens (primary N) is 1. The van der Waals surface area contributed by atoms with Gasteiger partial charge in [0.1, 0.15) is 17.7 Å². The molecule has 0 bridgehead atoms. The first-order valence-corrected chi connectivity index (χ1v) is 5.09. The van der Waals surface area contributed by atoms with Crippen molar-refractivity contribution < 1.29 is 18.3 Å². The lowest BCUT2D eigenvalue weighted by Crippen LogP contribution is -2.47. The van der Waals surface area contributed by atoms with Crippen molar-refractivity contribution in [1.29, 1.82) is 0 Å². The maximum Gasteiger partial charge on any atom is 0.323 e. The Morgan fingerprint density at radius 1 is 1.41 bits per heavy atom. The molecule has 0 aliphatic heterocycles. The molecule has 1 aromatic rings. The fourth-order valence-corrected chi connectivity index (χ4v) is 1.60. The number of hydrogen-bond acceptors (Lipinski definition) is 3. The lowest BCUT2D eigenvalue weighted by Gasteiger charge is -2.30. The molecule has 1 unspecified atom stereocenters.